The third kappa shape index (κ3) is 5.66. The average molecular weight is 312 g/mol. The topological polar surface area (TPSA) is 49.8 Å². The predicted octanol–water partition coefficient (Wildman–Crippen LogP) is 2.80. The highest BCUT2D eigenvalue weighted by Crippen LogP contribution is 2.25. The zero-order valence-electron chi connectivity index (χ0n) is 10.6. The first-order valence-electron chi connectivity index (χ1n) is 5.54. The molecule has 20 heavy (non-hydrogen) atoms. The van der Waals surface area contributed by atoms with E-state index in [1.165, 1.54) is 25.3 Å². The number of alkyl halides is 3. The molecule has 0 heterocycles. The smallest absolute Gasteiger partial charge is 0.401 e. The Kier molecular flexibility index (Phi) is 5.64. The molecule has 0 saturated carbocycles. The molecule has 0 radical (unpaired) electrons. The molecule has 0 aromatic heterocycles. The van der Waals surface area contributed by atoms with E-state index >= 15 is 0 Å². The zero-order chi connectivity index (χ0) is 15.3. The Hall–Kier alpha value is -1.47. The minimum absolute atomic E-state index is 0.227. The first-order chi connectivity index (χ1) is 9.21. The van der Waals surface area contributed by atoms with Gasteiger partial charge >= 0.3 is 12.1 Å². The summed E-state index contributed by atoms with van der Waals surface area (Å²) in [6, 6.07) is 4.50. The molecular formula is C12H13ClF3NO3. The van der Waals surface area contributed by atoms with Crippen molar-refractivity contribution < 1.29 is 27.8 Å². The molecule has 0 atom stereocenters. The van der Waals surface area contributed by atoms with Crippen LogP contribution in [-0.4, -0.2) is 42.4 Å². The van der Waals surface area contributed by atoms with Crippen LogP contribution in [0.25, 0.3) is 0 Å². The van der Waals surface area contributed by atoms with E-state index in [0.29, 0.717) is 16.3 Å². The molecule has 0 amide bonds. The number of rotatable bonds is 6. The van der Waals surface area contributed by atoms with E-state index < -0.39 is 25.2 Å². The van der Waals surface area contributed by atoms with E-state index in [4.69, 9.17) is 21.4 Å². The summed E-state index contributed by atoms with van der Waals surface area (Å²) in [5.41, 5.74) is 0.394. The molecule has 0 aliphatic rings. The van der Waals surface area contributed by atoms with Crippen LogP contribution in [0.2, 0.25) is 5.02 Å². The molecule has 4 nitrogen and oxygen atoms in total. The Morgan fingerprint density at radius 3 is 2.60 bits per heavy atom. The van der Waals surface area contributed by atoms with E-state index in [9.17, 15) is 18.0 Å². The summed E-state index contributed by atoms with van der Waals surface area (Å²) in [7, 11) is 1.37. The average Bonchev–Trinajstić information content (AvgIpc) is 2.25. The maximum absolute atomic E-state index is 12.4. The van der Waals surface area contributed by atoms with Crippen molar-refractivity contribution in [3.05, 3.63) is 28.8 Å². The molecule has 112 valence electrons. The fraction of sp³-hybridized carbons (Fsp3) is 0.417. The third-order valence-electron chi connectivity index (χ3n) is 2.40. The van der Waals surface area contributed by atoms with Crippen LogP contribution >= 0.6 is 11.6 Å². The molecule has 0 unspecified atom stereocenters. The molecule has 0 saturated heterocycles. The van der Waals surface area contributed by atoms with E-state index in [-0.39, 0.29) is 6.54 Å². The van der Waals surface area contributed by atoms with E-state index in [0.717, 1.165) is 4.90 Å². The van der Waals surface area contributed by atoms with Gasteiger partial charge in [-0.25, -0.2) is 0 Å². The number of benzene rings is 1. The van der Waals surface area contributed by atoms with E-state index in [1.807, 2.05) is 0 Å². The lowest BCUT2D eigenvalue weighted by Gasteiger charge is -2.22. The summed E-state index contributed by atoms with van der Waals surface area (Å²) in [5.74, 6) is -0.984. The van der Waals surface area contributed by atoms with Crippen molar-refractivity contribution in [1.29, 1.82) is 0 Å². The van der Waals surface area contributed by atoms with Gasteiger partial charge in [0, 0.05) is 17.1 Å². The SMILES string of the molecule is COc1ccc(Cl)cc1CN(CC(=O)O)CC(F)(F)F. The predicted molar refractivity (Wildman–Crippen MR) is 67.0 cm³/mol. The van der Waals surface area contributed by atoms with Crippen molar-refractivity contribution in [2.75, 3.05) is 20.2 Å². The number of carbonyl (C=O) groups is 1. The molecule has 1 aromatic rings. The second-order valence-electron chi connectivity index (χ2n) is 4.11. The number of hydrogen-bond donors (Lipinski definition) is 1. The van der Waals surface area contributed by atoms with Crippen molar-refractivity contribution in [2.24, 2.45) is 0 Å². The molecule has 0 bridgehead atoms. The lowest BCUT2D eigenvalue weighted by molar-refractivity contribution is -0.154. The minimum atomic E-state index is -4.48. The maximum atomic E-state index is 12.4. The molecule has 1 N–H and O–H groups in total. The number of carboxylic acids is 1. The number of methoxy groups -OCH3 is 1. The van der Waals surface area contributed by atoms with Crippen molar-refractivity contribution in [1.82, 2.24) is 4.90 Å². The summed E-state index contributed by atoms with van der Waals surface area (Å²) < 4.78 is 42.3. The highest BCUT2D eigenvalue weighted by Gasteiger charge is 2.31. The minimum Gasteiger partial charge on any atom is -0.496 e. The fourth-order valence-corrected chi connectivity index (χ4v) is 1.92. The first kappa shape index (κ1) is 16.6. The summed E-state index contributed by atoms with van der Waals surface area (Å²) in [5, 5.41) is 9.01. The van der Waals surface area contributed by atoms with Gasteiger partial charge in [0.15, 0.2) is 0 Å². The van der Waals surface area contributed by atoms with Crippen LogP contribution in [-0.2, 0) is 11.3 Å². The standard InChI is InChI=1S/C12H13ClF3NO3/c1-20-10-3-2-9(13)4-8(10)5-17(6-11(18)19)7-12(14,15)16/h2-4H,5-7H2,1H3,(H,18,19). The second kappa shape index (κ2) is 6.81. The fourth-order valence-electron chi connectivity index (χ4n) is 1.72. The van der Waals surface area contributed by atoms with Gasteiger partial charge < -0.3 is 9.84 Å². The summed E-state index contributed by atoms with van der Waals surface area (Å²) in [6.07, 6.45) is -4.48. The van der Waals surface area contributed by atoms with Crippen LogP contribution in [0.15, 0.2) is 18.2 Å². The van der Waals surface area contributed by atoms with Crippen LogP contribution in [0.3, 0.4) is 0 Å². The Morgan fingerprint density at radius 1 is 1.45 bits per heavy atom. The summed E-state index contributed by atoms with van der Waals surface area (Å²) in [6.45, 7) is -2.28. The molecule has 1 aromatic carbocycles. The Labute approximate surface area is 118 Å². The normalized spacial score (nSPS) is 11.7. The van der Waals surface area contributed by atoms with Gasteiger partial charge in [0.1, 0.15) is 5.75 Å². The van der Waals surface area contributed by atoms with E-state index in [2.05, 4.69) is 0 Å². The first-order valence-corrected chi connectivity index (χ1v) is 5.92. The van der Waals surface area contributed by atoms with Crippen LogP contribution in [0.5, 0.6) is 5.75 Å². The van der Waals surface area contributed by atoms with Crippen LogP contribution in [0, 0.1) is 0 Å². The van der Waals surface area contributed by atoms with Gasteiger partial charge in [-0.15, -0.1) is 0 Å². The highest BCUT2D eigenvalue weighted by molar-refractivity contribution is 6.30. The number of halogens is 4. The molecule has 0 spiro atoms. The van der Waals surface area contributed by atoms with Gasteiger partial charge in [0.05, 0.1) is 20.2 Å². The monoisotopic (exact) mass is 311 g/mol. The molecule has 0 aliphatic carbocycles. The maximum Gasteiger partial charge on any atom is 0.401 e. The lowest BCUT2D eigenvalue weighted by Crippen LogP contribution is -2.37. The Bertz CT molecular complexity index is 480. The molecular weight excluding hydrogens is 299 g/mol. The number of aliphatic carboxylic acids is 1. The molecule has 0 fully saturated rings. The second-order valence-corrected chi connectivity index (χ2v) is 4.55. The Morgan fingerprint density at radius 2 is 2.10 bits per heavy atom. The van der Waals surface area contributed by atoms with Crippen LogP contribution in [0.4, 0.5) is 13.2 Å². The molecule has 1 rings (SSSR count). The van der Waals surface area contributed by atoms with E-state index in [1.54, 1.807) is 0 Å². The molecule has 8 heteroatoms. The van der Waals surface area contributed by atoms with Gasteiger partial charge in [-0.3, -0.25) is 9.69 Å². The molecule has 0 aliphatic heterocycles. The van der Waals surface area contributed by atoms with Crippen molar-refractivity contribution >= 4 is 17.6 Å². The quantitative estimate of drug-likeness (QED) is 0.877. The number of nitrogens with zero attached hydrogens (tertiary/aromatic N) is 1. The van der Waals surface area contributed by atoms with Crippen molar-refractivity contribution in [3.63, 3.8) is 0 Å². The van der Waals surface area contributed by atoms with Gasteiger partial charge in [-0.2, -0.15) is 13.2 Å². The Balaban J connectivity index is 2.93. The number of hydrogen-bond acceptors (Lipinski definition) is 3. The van der Waals surface area contributed by atoms with Crippen LogP contribution < -0.4 is 4.74 Å². The summed E-state index contributed by atoms with van der Waals surface area (Å²) in [4.78, 5) is 11.4. The lowest BCUT2D eigenvalue weighted by atomic mass is 10.2. The summed E-state index contributed by atoms with van der Waals surface area (Å²) >= 11 is 5.78. The van der Waals surface area contributed by atoms with Gasteiger partial charge in [-0.1, -0.05) is 11.6 Å². The van der Waals surface area contributed by atoms with Gasteiger partial charge in [-0.05, 0) is 18.2 Å². The van der Waals surface area contributed by atoms with Crippen molar-refractivity contribution in [3.8, 4) is 5.75 Å². The number of carboxylic acid groups (broad SMARTS) is 1. The van der Waals surface area contributed by atoms with Crippen molar-refractivity contribution in [2.45, 2.75) is 12.7 Å². The van der Waals surface area contributed by atoms with Crippen LogP contribution in [0.1, 0.15) is 5.56 Å². The zero-order valence-corrected chi connectivity index (χ0v) is 11.3. The largest absolute Gasteiger partial charge is 0.496 e. The van der Waals surface area contributed by atoms with Gasteiger partial charge in [0.2, 0.25) is 0 Å². The third-order valence-corrected chi connectivity index (χ3v) is 2.63. The highest BCUT2D eigenvalue weighted by atomic mass is 35.5. The van der Waals surface area contributed by atoms with Gasteiger partial charge in [0.25, 0.3) is 0 Å². The number of ether oxygens (including phenoxy) is 1.